The number of carbonyl (C=O) groups is 1. The SMILES string of the molecule is Cc1cn(CC(=O)c2ccc(Cl)c(Cl)c2)c(=O)[nH]c1=O. The number of benzene rings is 1. The van der Waals surface area contributed by atoms with E-state index in [1.54, 1.807) is 6.92 Å². The van der Waals surface area contributed by atoms with Gasteiger partial charge >= 0.3 is 5.69 Å². The van der Waals surface area contributed by atoms with Crippen LogP contribution in [0.1, 0.15) is 15.9 Å². The van der Waals surface area contributed by atoms with Gasteiger partial charge in [0.2, 0.25) is 0 Å². The lowest BCUT2D eigenvalue weighted by molar-refractivity contribution is 0.0970. The molecule has 20 heavy (non-hydrogen) atoms. The number of aromatic nitrogens is 2. The van der Waals surface area contributed by atoms with Crippen LogP contribution in [-0.4, -0.2) is 15.3 Å². The quantitative estimate of drug-likeness (QED) is 0.881. The molecular weight excluding hydrogens is 303 g/mol. The van der Waals surface area contributed by atoms with Crippen LogP contribution in [0.5, 0.6) is 0 Å². The molecule has 0 aliphatic heterocycles. The van der Waals surface area contributed by atoms with Gasteiger partial charge in [-0.15, -0.1) is 0 Å². The first kappa shape index (κ1) is 14.6. The zero-order chi connectivity index (χ0) is 14.9. The summed E-state index contributed by atoms with van der Waals surface area (Å²) in [5, 5.41) is 0.614. The van der Waals surface area contributed by atoms with Crippen molar-refractivity contribution in [1.29, 1.82) is 0 Å². The van der Waals surface area contributed by atoms with Crippen LogP contribution in [0.2, 0.25) is 10.0 Å². The fraction of sp³-hybridized carbons (Fsp3) is 0.154. The molecule has 1 heterocycles. The average molecular weight is 313 g/mol. The van der Waals surface area contributed by atoms with Gasteiger partial charge in [0.05, 0.1) is 16.6 Å². The number of halogens is 2. The second-order valence-electron chi connectivity index (χ2n) is 4.25. The number of nitrogens with one attached hydrogen (secondary N) is 1. The summed E-state index contributed by atoms with van der Waals surface area (Å²) in [5.41, 5.74) is -0.399. The van der Waals surface area contributed by atoms with E-state index in [0.29, 0.717) is 16.1 Å². The maximum atomic E-state index is 12.1. The molecule has 7 heteroatoms. The maximum Gasteiger partial charge on any atom is 0.328 e. The van der Waals surface area contributed by atoms with Crippen LogP contribution in [0.3, 0.4) is 0 Å². The molecule has 1 aromatic carbocycles. The van der Waals surface area contributed by atoms with E-state index in [-0.39, 0.29) is 17.4 Å². The summed E-state index contributed by atoms with van der Waals surface area (Å²) in [4.78, 5) is 37.0. The first-order valence-corrected chi connectivity index (χ1v) is 6.42. The Morgan fingerprint density at radius 2 is 1.95 bits per heavy atom. The topological polar surface area (TPSA) is 71.9 Å². The fourth-order valence-corrected chi connectivity index (χ4v) is 1.95. The molecule has 2 aromatic rings. The monoisotopic (exact) mass is 312 g/mol. The van der Waals surface area contributed by atoms with Crippen LogP contribution >= 0.6 is 23.2 Å². The smallest absolute Gasteiger partial charge is 0.293 e. The summed E-state index contributed by atoms with van der Waals surface area (Å²) in [6.45, 7) is 1.37. The van der Waals surface area contributed by atoms with Crippen LogP contribution in [0.15, 0.2) is 34.0 Å². The van der Waals surface area contributed by atoms with Gasteiger partial charge in [-0.3, -0.25) is 19.1 Å². The molecule has 0 aliphatic rings. The molecule has 5 nitrogen and oxygen atoms in total. The predicted octanol–water partition coefficient (Wildman–Crippen LogP) is 2.03. The molecule has 2 rings (SSSR count). The summed E-state index contributed by atoms with van der Waals surface area (Å²) in [6, 6.07) is 4.48. The van der Waals surface area contributed by atoms with E-state index < -0.39 is 11.2 Å². The molecule has 0 aliphatic carbocycles. The molecule has 0 radical (unpaired) electrons. The maximum absolute atomic E-state index is 12.1. The lowest BCUT2D eigenvalue weighted by Crippen LogP contribution is -2.32. The fourth-order valence-electron chi connectivity index (χ4n) is 1.65. The number of H-pyrrole nitrogens is 1. The van der Waals surface area contributed by atoms with E-state index in [1.165, 1.54) is 24.4 Å². The predicted molar refractivity (Wildman–Crippen MR) is 76.9 cm³/mol. The largest absolute Gasteiger partial charge is 0.328 e. The number of carbonyl (C=O) groups excluding carboxylic acids is 1. The normalized spacial score (nSPS) is 10.6. The molecule has 0 unspecified atom stereocenters. The Kier molecular flexibility index (Phi) is 4.11. The molecule has 0 bridgehead atoms. The Labute approximate surface area is 123 Å². The molecule has 0 saturated heterocycles. The van der Waals surface area contributed by atoms with E-state index in [9.17, 15) is 14.4 Å². The Morgan fingerprint density at radius 3 is 2.60 bits per heavy atom. The first-order valence-electron chi connectivity index (χ1n) is 5.67. The van der Waals surface area contributed by atoms with Crippen molar-refractivity contribution >= 4 is 29.0 Å². The summed E-state index contributed by atoms with van der Waals surface area (Å²) in [7, 11) is 0. The van der Waals surface area contributed by atoms with Crippen molar-refractivity contribution in [3.8, 4) is 0 Å². The highest BCUT2D eigenvalue weighted by Crippen LogP contribution is 2.22. The zero-order valence-electron chi connectivity index (χ0n) is 10.4. The minimum absolute atomic E-state index is 0.186. The third-order valence-corrected chi connectivity index (χ3v) is 3.48. The molecular formula is C13H10Cl2N2O3. The number of nitrogens with zero attached hydrogens (tertiary/aromatic N) is 1. The van der Waals surface area contributed by atoms with Gasteiger partial charge < -0.3 is 0 Å². The Hall–Kier alpha value is -1.85. The standard InChI is InChI=1S/C13H10Cl2N2O3/c1-7-5-17(13(20)16-12(7)19)6-11(18)8-2-3-9(14)10(15)4-8/h2-5H,6H2,1H3,(H,16,19,20). The number of hydrogen-bond donors (Lipinski definition) is 1. The lowest BCUT2D eigenvalue weighted by Gasteiger charge is -2.06. The Bertz CT molecular complexity index is 793. The number of aromatic amines is 1. The summed E-state index contributed by atoms with van der Waals surface area (Å²) in [5.74, 6) is -0.308. The van der Waals surface area contributed by atoms with Gasteiger partial charge in [0.25, 0.3) is 5.56 Å². The highest BCUT2D eigenvalue weighted by atomic mass is 35.5. The van der Waals surface area contributed by atoms with Crippen molar-refractivity contribution in [2.45, 2.75) is 13.5 Å². The number of Topliss-reactive ketones (excluding diaryl/α,β-unsaturated/α-hetero) is 1. The number of ketones is 1. The van der Waals surface area contributed by atoms with Crippen molar-refractivity contribution in [2.24, 2.45) is 0 Å². The van der Waals surface area contributed by atoms with Gasteiger partial charge in [-0.2, -0.15) is 0 Å². The van der Waals surface area contributed by atoms with Crippen LogP contribution < -0.4 is 11.2 Å². The molecule has 0 saturated carbocycles. The molecule has 0 fully saturated rings. The van der Waals surface area contributed by atoms with Gasteiger partial charge in [0, 0.05) is 17.3 Å². The second kappa shape index (κ2) is 5.64. The molecule has 1 N–H and O–H groups in total. The van der Waals surface area contributed by atoms with Gasteiger partial charge in [-0.25, -0.2) is 4.79 Å². The zero-order valence-corrected chi connectivity index (χ0v) is 12.0. The highest BCUT2D eigenvalue weighted by molar-refractivity contribution is 6.42. The molecule has 0 amide bonds. The highest BCUT2D eigenvalue weighted by Gasteiger charge is 2.11. The van der Waals surface area contributed by atoms with E-state index in [0.717, 1.165) is 4.57 Å². The minimum Gasteiger partial charge on any atom is -0.293 e. The van der Waals surface area contributed by atoms with Crippen molar-refractivity contribution in [1.82, 2.24) is 9.55 Å². The van der Waals surface area contributed by atoms with Crippen LogP contribution in [-0.2, 0) is 6.54 Å². The molecule has 104 valence electrons. The number of rotatable bonds is 3. The summed E-state index contributed by atoms with van der Waals surface area (Å²) < 4.78 is 1.14. The van der Waals surface area contributed by atoms with E-state index in [1.807, 2.05) is 0 Å². The Morgan fingerprint density at radius 1 is 1.25 bits per heavy atom. The molecule has 1 aromatic heterocycles. The van der Waals surface area contributed by atoms with Gasteiger partial charge in [-0.05, 0) is 25.1 Å². The van der Waals surface area contributed by atoms with Crippen molar-refractivity contribution in [3.05, 3.63) is 66.4 Å². The van der Waals surface area contributed by atoms with Crippen molar-refractivity contribution in [3.63, 3.8) is 0 Å². The van der Waals surface area contributed by atoms with Gasteiger partial charge in [0.15, 0.2) is 5.78 Å². The summed E-state index contributed by atoms with van der Waals surface area (Å²) in [6.07, 6.45) is 1.34. The van der Waals surface area contributed by atoms with Gasteiger partial charge in [-0.1, -0.05) is 23.2 Å². The summed E-state index contributed by atoms with van der Waals surface area (Å²) >= 11 is 11.6. The van der Waals surface area contributed by atoms with E-state index in [4.69, 9.17) is 23.2 Å². The minimum atomic E-state index is -0.631. The van der Waals surface area contributed by atoms with E-state index >= 15 is 0 Å². The number of aryl methyl sites for hydroxylation is 1. The average Bonchev–Trinajstić information content (AvgIpc) is 2.39. The number of hydrogen-bond acceptors (Lipinski definition) is 3. The second-order valence-corrected chi connectivity index (χ2v) is 5.07. The van der Waals surface area contributed by atoms with Crippen LogP contribution in [0.4, 0.5) is 0 Å². The van der Waals surface area contributed by atoms with Crippen molar-refractivity contribution < 1.29 is 4.79 Å². The van der Waals surface area contributed by atoms with Crippen LogP contribution in [0, 0.1) is 6.92 Å². The Balaban J connectivity index is 2.32. The third kappa shape index (κ3) is 3.00. The van der Waals surface area contributed by atoms with E-state index in [2.05, 4.69) is 4.98 Å². The lowest BCUT2D eigenvalue weighted by atomic mass is 10.1. The van der Waals surface area contributed by atoms with Gasteiger partial charge in [0.1, 0.15) is 0 Å². The van der Waals surface area contributed by atoms with Crippen molar-refractivity contribution in [2.75, 3.05) is 0 Å². The molecule has 0 atom stereocenters. The first-order chi connectivity index (χ1) is 9.38. The third-order valence-electron chi connectivity index (χ3n) is 2.74. The molecule has 0 spiro atoms. The van der Waals surface area contributed by atoms with Crippen LogP contribution in [0.25, 0.3) is 0 Å².